The molecule has 2 aromatic rings. The molecule has 100 valence electrons. The van der Waals surface area contributed by atoms with Crippen molar-refractivity contribution in [2.45, 2.75) is 18.9 Å². The third kappa shape index (κ3) is 4.50. The zero-order valence-electron chi connectivity index (χ0n) is 10.2. The van der Waals surface area contributed by atoms with Gasteiger partial charge >= 0.3 is 0 Å². The first-order valence-electron chi connectivity index (χ1n) is 5.98. The molecule has 0 radical (unpaired) electrons. The summed E-state index contributed by atoms with van der Waals surface area (Å²) in [5, 5.41) is 1.49. The summed E-state index contributed by atoms with van der Waals surface area (Å²) < 4.78 is 0.977. The first-order chi connectivity index (χ1) is 9.04. The van der Waals surface area contributed by atoms with Gasteiger partial charge in [0.25, 0.3) is 0 Å². The van der Waals surface area contributed by atoms with Crippen LogP contribution in [0.3, 0.4) is 0 Å². The highest BCUT2D eigenvalue weighted by Crippen LogP contribution is 2.23. The molecule has 0 bridgehead atoms. The number of nitrogens with two attached hydrogens (primary N) is 1. The molecule has 2 aromatic carbocycles. The fourth-order valence-electron chi connectivity index (χ4n) is 2.01. The lowest BCUT2D eigenvalue weighted by Crippen LogP contribution is -2.25. The molecule has 0 aromatic heterocycles. The molecule has 2 N–H and O–H groups in total. The van der Waals surface area contributed by atoms with Gasteiger partial charge in [0.1, 0.15) is 0 Å². The minimum atomic E-state index is 0.0251. The number of hydrogen-bond donors (Lipinski definition) is 1. The van der Waals surface area contributed by atoms with E-state index in [4.69, 9.17) is 28.9 Å². The Kier molecular flexibility index (Phi) is 5.28. The van der Waals surface area contributed by atoms with Gasteiger partial charge < -0.3 is 5.73 Å². The minimum absolute atomic E-state index is 0.0251. The van der Waals surface area contributed by atoms with Crippen molar-refractivity contribution in [1.29, 1.82) is 0 Å². The third-order valence-electron chi connectivity index (χ3n) is 2.88. The Morgan fingerprint density at radius 2 is 1.84 bits per heavy atom. The summed E-state index contributed by atoms with van der Waals surface area (Å²) in [5.41, 5.74) is 8.40. The van der Waals surface area contributed by atoms with Crippen molar-refractivity contribution >= 4 is 39.1 Å². The van der Waals surface area contributed by atoms with Crippen LogP contribution in [0.15, 0.2) is 46.9 Å². The fourth-order valence-corrected chi connectivity index (χ4v) is 2.97. The minimum Gasteiger partial charge on any atom is -0.327 e. The van der Waals surface area contributed by atoms with Gasteiger partial charge in [-0.05, 0) is 48.2 Å². The molecule has 0 aliphatic carbocycles. The van der Waals surface area contributed by atoms with Crippen LogP contribution in [0.4, 0.5) is 0 Å². The second-order valence-electron chi connectivity index (χ2n) is 4.53. The summed E-state index contributed by atoms with van der Waals surface area (Å²) in [5.74, 6) is 0. The maximum Gasteiger partial charge on any atom is 0.0449 e. The molecular formula is C15H14BrCl2N. The van der Waals surface area contributed by atoms with Crippen molar-refractivity contribution in [1.82, 2.24) is 0 Å². The van der Waals surface area contributed by atoms with Crippen LogP contribution in [-0.4, -0.2) is 6.04 Å². The molecule has 1 atom stereocenters. The van der Waals surface area contributed by atoms with Crippen molar-refractivity contribution in [2.75, 3.05) is 0 Å². The van der Waals surface area contributed by atoms with E-state index in [-0.39, 0.29) is 6.04 Å². The van der Waals surface area contributed by atoms with Gasteiger partial charge in [-0.25, -0.2) is 0 Å². The van der Waals surface area contributed by atoms with Crippen LogP contribution in [0.5, 0.6) is 0 Å². The van der Waals surface area contributed by atoms with Crippen LogP contribution in [-0.2, 0) is 12.8 Å². The summed E-state index contributed by atoms with van der Waals surface area (Å²) in [6.45, 7) is 0. The molecule has 1 nitrogen and oxygen atoms in total. The molecule has 0 saturated heterocycles. The van der Waals surface area contributed by atoms with E-state index < -0.39 is 0 Å². The number of halogens is 3. The van der Waals surface area contributed by atoms with E-state index in [1.165, 1.54) is 0 Å². The molecule has 0 amide bonds. The first kappa shape index (κ1) is 14.9. The van der Waals surface area contributed by atoms with Crippen molar-refractivity contribution in [3.8, 4) is 0 Å². The van der Waals surface area contributed by atoms with Gasteiger partial charge in [0, 0.05) is 20.6 Å². The molecular weight excluding hydrogens is 345 g/mol. The quantitative estimate of drug-likeness (QED) is 0.828. The van der Waals surface area contributed by atoms with E-state index >= 15 is 0 Å². The van der Waals surface area contributed by atoms with Crippen LogP contribution in [0.1, 0.15) is 11.1 Å². The van der Waals surface area contributed by atoms with Gasteiger partial charge in [-0.2, -0.15) is 0 Å². The van der Waals surface area contributed by atoms with Crippen molar-refractivity contribution in [3.05, 3.63) is 68.1 Å². The SMILES string of the molecule is NC(Cc1cccc(Cl)c1)Cc1ccc(Br)cc1Cl. The molecule has 0 aliphatic rings. The lowest BCUT2D eigenvalue weighted by Gasteiger charge is -2.13. The molecule has 0 spiro atoms. The lowest BCUT2D eigenvalue weighted by atomic mass is 10.00. The fraction of sp³-hybridized carbons (Fsp3) is 0.200. The summed E-state index contributed by atoms with van der Waals surface area (Å²) >= 11 is 15.6. The number of hydrogen-bond acceptors (Lipinski definition) is 1. The third-order valence-corrected chi connectivity index (χ3v) is 3.96. The van der Waals surface area contributed by atoms with E-state index in [2.05, 4.69) is 15.9 Å². The van der Waals surface area contributed by atoms with Gasteiger partial charge in [-0.3, -0.25) is 0 Å². The second-order valence-corrected chi connectivity index (χ2v) is 6.29. The molecule has 2 rings (SSSR count). The Labute approximate surface area is 131 Å². The summed E-state index contributed by atoms with van der Waals surface area (Å²) in [4.78, 5) is 0. The zero-order valence-corrected chi connectivity index (χ0v) is 13.3. The average Bonchev–Trinajstić information content (AvgIpc) is 2.33. The summed E-state index contributed by atoms with van der Waals surface area (Å²) in [7, 11) is 0. The van der Waals surface area contributed by atoms with Gasteiger partial charge in [-0.15, -0.1) is 0 Å². The normalized spacial score (nSPS) is 12.4. The van der Waals surface area contributed by atoms with Gasteiger partial charge in [-0.1, -0.05) is 57.3 Å². The monoisotopic (exact) mass is 357 g/mol. The highest BCUT2D eigenvalue weighted by molar-refractivity contribution is 9.10. The predicted octanol–water partition coefficient (Wildman–Crippen LogP) is 4.87. The molecule has 0 heterocycles. The van der Waals surface area contributed by atoms with Crippen molar-refractivity contribution < 1.29 is 0 Å². The Bertz CT molecular complexity index is 572. The Morgan fingerprint density at radius 3 is 2.53 bits per heavy atom. The molecule has 0 saturated carbocycles. The van der Waals surface area contributed by atoms with E-state index in [0.29, 0.717) is 0 Å². The largest absolute Gasteiger partial charge is 0.327 e. The first-order valence-corrected chi connectivity index (χ1v) is 7.53. The maximum absolute atomic E-state index is 6.20. The van der Waals surface area contributed by atoms with Crippen LogP contribution in [0.2, 0.25) is 10.0 Å². The smallest absolute Gasteiger partial charge is 0.0449 e. The molecule has 19 heavy (non-hydrogen) atoms. The molecule has 0 aliphatic heterocycles. The van der Waals surface area contributed by atoms with E-state index in [1.54, 1.807) is 0 Å². The topological polar surface area (TPSA) is 26.0 Å². The van der Waals surface area contributed by atoms with Crippen LogP contribution in [0, 0.1) is 0 Å². The zero-order chi connectivity index (χ0) is 13.8. The van der Waals surface area contributed by atoms with E-state index in [1.807, 2.05) is 42.5 Å². The van der Waals surface area contributed by atoms with Gasteiger partial charge in [0.15, 0.2) is 0 Å². The molecule has 1 unspecified atom stereocenters. The second kappa shape index (κ2) is 6.76. The van der Waals surface area contributed by atoms with E-state index in [9.17, 15) is 0 Å². The number of rotatable bonds is 4. The van der Waals surface area contributed by atoms with Crippen LogP contribution >= 0.6 is 39.1 Å². The average molecular weight is 359 g/mol. The highest BCUT2D eigenvalue weighted by Gasteiger charge is 2.09. The van der Waals surface area contributed by atoms with Crippen LogP contribution < -0.4 is 5.73 Å². The lowest BCUT2D eigenvalue weighted by molar-refractivity contribution is 0.665. The van der Waals surface area contributed by atoms with Gasteiger partial charge in [0.05, 0.1) is 0 Å². The maximum atomic E-state index is 6.20. The van der Waals surface area contributed by atoms with E-state index in [0.717, 1.165) is 38.5 Å². The summed E-state index contributed by atoms with van der Waals surface area (Å²) in [6, 6.07) is 13.7. The Morgan fingerprint density at radius 1 is 1.05 bits per heavy atom. The molecule has 4 heteroatoms. The van der Waals surface area contributed by atoms with Gasteiger partial charge in [0.2, 0.25) is 0 Å². The van der Waals surface area contributed by atoms with Crippen LogP contribution in [0.25, 0.3) is 0 Å². The number of benzene rings is 2. The standard InChI is InChI=1S/C15H14BrCl2N/c16-12-5-4-11(15(18)9-12)8-14(19)7-10-2-1-3-13(17)6-10/h1-6,9,14H,7-8,19H2. The molecule has 0 fully saturated rings. The van der Waals surface area contributed by atoms with Crippen molar-refractivity contribution in [3.63, 3.8) is 0 Å². The van der Waals surface area contributed by atoms with Crippen molar-refractivity contribution in [2.24, 2.45) is 5.73 Å². The Hall–Kier alpha value is -0.540. The Balaban J connectivity index is 2.03. The highest BCUT2D eigenvalue weighted by atomic mass is 79.9. The summed E-state index contributed by atoms with van der Waals surface area (Å²) in [6.07, 6.45) is 1.53. The predicted molar refractivity (Wildman–Crippen MR) is 86.0 cm³/mol.